The summed E-state index contributed by atoms with van der Waals surface area (Å²) in [6, 6.07) is 15.3. The number of aromatic nitrogens is 2. The highest BCUT2D eigenvalue weighted by Crippen LogP contribution is 2.27. The summed E-state index contributed by atoms with van der Waals surface area (Å²) in [6.07, 6.45) is 0. The average molecular weight is 379 g/mol. The zero-order chi connectivity index (χ0) is 20.1. The molecule has 1 aromatic heterocycles. The second kappa shape index (κ2) is 8.61. The Bertz CT molecular complexity index is 965. The van der Waals surface area contributed by atoms with Crippen molar-refractivity contribution in [3.63, 3.8) is 0 Å². The fourth-order valence-electron chi connectivity index (χ4n) is 3.15. The fourth-order valence-corrected chi connectivity index (χ4v) is 3.15. The lowest BCUT2D eigenvalue weighted by atomic mass is 10.1. The van der Waals surface area contributed by atoms with E-state index in [2.05, 4.69) is 22.5 Å². The van der Waals surface area contributed by atoms with Crippen molar-refractivity contribution in [2.24, 2.45) is 0 Å². The standard InChI is InChI=1S/C22H25N3O3/c1-15-19(16(2)25(24-15)14-17-8-6-5-7-9-17)13-23-22(26)18-10-11-20(27-3)21(12-18)28-4/h5-12H,13-14H2,1-4H3,(H,23,26). The monoisotopic (exact) mass is 379 g/mol. The van der Waals surface area contributed by atoms with Crippen LogP contribution in [0.15, 0.2) is 48.5 Å². The molecule has 0 saturated heterocycles. The molecule has 2 aromatic carbocycles. The minimum absolute atomic E-state index is 0.171. The maximum Gasteiger partial charge on any atom is 0.251 e. The molecule has 0 aliphatic rings. The first kappa shape index (κ1) is 19.5. The molecular formula is C22H25N3O3. The largest absolute Gasteiger partial charge is 0.493 e. The number of methoxy groups -OCH3 is 2. The minimum atomic E-state index is -0.171. The Morgan fingerprint density at radius 3 is 2.43 bits per heavy atom. The van der Waals surface area contributed by atoms with Gasteiger partial charge in [-0.05, 0) is 37.6 Å². The van der Waals surface area contributed by atoms with Crippen LogP contribution in [0.25, 0.3) is 0 Å². The lowest BCUT2D eigenvalue weighted by Crippen LogP contribution is -2.23. The fraction of sp³-hybridized carbons (Fsp3) is 0.273. The van der Waals surface area contributed by atoms with E-state index in [0.29, 0.717) is 30.2 Å². The summed E-state index contributed by atoms with van der Waals surface area (Å²) in [5.74, 6) is 0.946. The van der Waals surface area contributed by atoms with Gasteiger partial charge in [0.25, 0.3) is 5.91 Å². The van der Waals surface area contributed by atoms with Gasteiger partial charge in [-0.3, -0.25) is 9.48 Å². The molecule has 146 valence electrons. The van der Waals surface area contributed by atoms with Gasteiger partial charge in [0.05, 0.1) is 26.5 Å². The van der Waals surface area contributed by atoms with Gasteiger partial charge in [0, 0.05) is 23.4 Å². The van der Waals surface area contributed by atoms with E-state index >= 15 is 0 Å². The zero-order valence-corrected chi connectivity index (χ0v) is 16.7. The van der Waals surface area contributed by atoms with Gasteiger partial charge in [0.1, 0.15) is 0 Å². The van der Waals surface area contributed by atoms with E-state index in [1.54, 1.807) is 32.4 Å². The van der Waals surface area contributed by atoms with E-state index in [1.807, 2.05) is 36.7 Å². The molecule has 0 saturated carbocycles. The zero-order valence-electron chi connectivity index (χ0n) is 16.7. The van der Waals surface area contributed by atoms with Crippen LogP contribution in [0, 0.1) is 13.8 Å². The highest BCUT2D eigenvalue weighted by molar-refractivity contribution is 5.94. The van der Waals surface area contributed by atoms with Gasteiger partial charge in [-0.15, -0.1) is 0 Å². The topological polar surface area (TPSA) is 65.4 Å². The van der Waals surface area contributed by atoms with Gasteiger partial charge in [0.15, 0.2) is 11.5 Å². The summed E-state index contributed by atoms with van der Waals surface area (Å²) in [4.78, 5) is 12.6. The molecule has 6 heteroatoms. The number of nitrogens with one attached hydrogen (secondary N) is 1. The van der Waals surface area contributed by atoms with E-state index < -0.39 is 0 Å². The molecule has 0 bridgehead atoms. The van der Waals surface area contributed by atoms with Gasteiger partial charge in [-0.25, -0.2) is 0 Å². The van der Waals surface area contributed by atoms with Crippen LogP contribution in [0.4, 0.5) is 0 Å². The molecule has 0 fully saturated rings. The molecule has 0 atom stereocenters. The van der Waals surface area contributed by atoms with Crippen molar-refractivity contribution in [1.29, 1.82) is 0 Å². The van der Waals surface area contributed by atoms with Crippen LogP contribution in [0.1, 0.15) is 32.9 Å². The van der Waals surface area contributed by atoms with Crippen molar-refractivity contribution in [2.75, 3.05) is 14.2 Å². The number of carbonyl (C=O) groups excluding carboxylic acids is 1. The lowest BCUT2D eigenvalue weighted by Gasteiger charge is -2.10. The quantitative estimate of drug-likeness (QED) is 0.682. The first-order valence-electron chi connectivity index (χ1n) is 9.10. The maximum absolute atomic E-state index is 12.6. The van der Waals surface area contributed by atoms with Crippen molar-refractivity contribution in [3.8, 4) is 11.5 Å². The third-order valence-corrected chi connectivity index (χ3v) is 4.78. The summed E-state index contributed by atoms with van der Waals surface area (Å²) in [5, 5.41) is 7.61. The Labute approximate surface area is 165 Å². The van der Waals surface area contributed by atoms with Crippen molar-refractivity contribution >= 4 is 5.91 Å². The SMILES string of the molecule is COc1ccc(C(=O)NCc2c(C)nn(Cc3ccccc3)c2C)cc1OC. The molecule has 1 heterocycles. The number of ether oxygens (including phenoxy) is 2. The average Bonchev–Trinajstić information content (AvgIpc) is 2.99. The van der Waals surface area contributed by atoms with Gasteiger partial charge < -0.3 is 14.8 Å². The highest BCUT2D eigenvalue weighted by atomic mass is 16.5. The summed E-state index contributed by atoms with van der Waals surface area (Å²) < 4.78 is 12.5. The molecular weight excluding hydrogens is 354 g/mol. The second-order valence-electron chi connectivity index (χ2n) is 6.55. The number of aryl methyl sites for hydroxylation is 1. The van der Waals surface area contributed by atoms with Gasteiger partial charge >= 0.3 is 0 Å². The van der Waals surface area contributed by atoms with E-state index in [0.717, 1.165) is 17.0 Å². The number of amides is 1. The Morgan fingerprint density at radius 1 is 1.04 bits per heavy atom. The number of rotatable bonds is 7. The van der Waals surface area contributed by atoms with Crippen LogP contribution < -0.4 is 14.8 Å². The van der Waals surface area contributed by atoms with Crippen LogP contribution in [-0.4, -0.2) is 29.9 Å². The first-order chi connectivity index (χ1) is 13.5. The van der Waals surface area contributed by atoms with E-state index in [4.69, 9.17) is 9.47 Å². The van der Waals surface area contributed by atoms with Gasteiger partial charge in [0.2, 0.25) is 0 Å². The molecule has 28 heavy (non-hydrogen) atoms. The molecule has 3 rings (SSSR count). The van der Waals surface area contributed by atoms with Gasteiger partial charge in [-0.1, -0.05) is 30.3 Å². The summed E-state index contributed by atoms with van der Waals surface area (Å²) in [5.41, 5.74) is 4.71. The predicted octanol–water partition coefficient (Wildman–Crippen LogP) is 3.50. The molecule has 0 radical (unpaired) electrons. The van der Waals surface area contributed by atoms with E-state index in [9.17, 15) is 4.79 Å². The molecule has 1 amide bonds. The first-order valence-corrected chi connectivity index (χ1v) is 9.10. The lowest BCUT2D eigenvalue weighted by molar-refractivity contribution is 0.0950. The number of carbonyl (C=O) groups is 1. The second-order valence-corrected chi connectivity index (χ2v) is 6.55. The normalized spacial score (nSPS) is 10.6. The highest BCUT2D eigenvalue weighted by Gasteiger charge is 2.15. The van der Waals surface area contributed by atoms with Crippen LogP contribution in [0.5, 0.6) is 11.5 Å². The molecule has 0 aliphatic carbocycles. The van der Waals surface area contributed by atoms with E-state index in [1.165, 1.54) is 5.56 Å². The van der Waals surface area contributed by atoms with Crippen LogP contribution in [0.2, 0.25) is 0 Å². The molecule has 6 nitrogen and oxygen atoms in total. The van der Waals surface area contributed by atoms with Crippen LogP contribution >= 0.6 is 0 Å². The number of benzene rings is 2. The number of hydrogen-bond acceptors (Lipinski definition) is 4. The van der Waals surface area contributed by atoms with Crippen LogP contribution in [-0.2, 0) is 13.1 Å². The smallest absolute Gasteiger partial charge is 0.251 e. The van der Waals surface area contributed by atoms with E-state index in [-0.39, 0.29) is 5.91 Å². The maximum atomic E-state index is 12.6. The summed E-state index contributed by atoms with van der Waals surface area (Å²) in [6.45, 7) is 5.12. The molecule has 0 spiro atoms. The van der Waals surface area contributed by atoms with Gasteiger partial charge in [-0.2, -0.15) is 5.10 Å². The number of nitrogens with zero attached hydrogens (tertiary/aromatic N) is 2. The molecule has 3 aromatic rings. The van der Waals surface area contributed by atoms with Crippen molar-refractivity contribution in [1.82, 2.24) is 15.1 Å². The van der Waals surface area contributed by atoms with Crippen molar-refractivity contribution in [2.45, 2.75) is 26.9 Å². The molecule has 1 N–H and O–H groups in total. The van der Waals surface area contributed by atoms with Crippen molar-refractivity contribution < 1.29 is 14.3 Å². The Morgan fingerprint density at radius 2 is 1.75 bits per heavy atom. The third kappa shape index (κ3) is 4.17. The molecule has 0 unspecified atom stereocenters. The Balaban J connectivity index is 1.71. The minimum Gasteiger partial charge on any atom is -0.493 e. The summed E-state index contributed by atoms with van der Waals surface area (Å²) in [7, 11) is 3.11. The van der Waals surface area contributed by atoms with Crippen molar-refractivity contribution in [3.05, 3.63) is 76.6 Å². The predicted molar refractivity (Wildman–Crippen MR) is 108 cm³/mol. The third-order valence-electron chi connectivity index (χ3n) is 4.78. The Kier molecular flexibility index (Phi) is 5.99. The number of hydrogen-bond donors (Lipinski definition) is 1. The Hall–Kier alpha value is -3.28. The molecule has 0 aliphatic heterocycles. The summed E-state index contributed by atoms with van der Waals surface area (Å²) >= 11 is 0. The van der Waals surface area contributed by atoms with Crippen LogP contribution in [0.3, 0.4) is 0 Å².